The number of benzene rings is 2. The minimum Gasteiger partial charge on any atom is -0.480 e. The highest BCUT2D eigenvalue weighted by molar-refractivity contribution is 7.89. The number of sulfonamides is 1. The molecule has 40 heavy (non-hydrogen) atoms. The second-order valence-electron chi connectivity index (χ2n) is 10.4. The summed E-state index contributed by atoms with van der Waals surface area (Å²) in [4.78, 5) is 34.9. The summed E-state index contributed by atoms with van der Waals surface area (Å²) in [6.45, 7) is 4.94. The van der Waals surface area contributed by atoms with E-state index in [9.17, 15) is 18.0 Å². The fourth-order valence-corrected chi connectivity index (χ4v) is 6.23. The Morgan fingerprint density at radius 2 is 1.85 bits per heavy atom. The van der Waals surface area contributed by atoms with E-state index in [1.807, 2.05) is 31.2 Å². The monoisotopic (exact) mass is 569 g/mol. The number of hydrogen-bond acceptors (Lipinski definition) is 7. The van der Waals surface area contributed by atoms with Gasteiger partial charge < -0.3 is 26.0 Å². The van der Waals surface area contributed by atoms with Crippen LogP contribution in [0.5, 0.6) is 0 Å². The highest BCUT2D eigenvalue weighted by Gasteiger charge is 2.43. The van der Waals surface area contributed by atoms with Crippen LogP contribution in [0.1, 0.15) is 42.3 Å². The van der Waals surface area contributed by atoms with Gasteiger partial charge in [0.25, 0.3) is 0 Å². The minimum atomic E-state index is -4.14. The Morgan fingerprint density at radius 3 is 2.45 bits per heavy atom. The zero-order chi connectivity index (χ0) is 29.2. The Kier molecular flexibility index (Phi) is 8.17. The molecule has 13 heteroatoms. The maximum absolute atomic E-state index is 13.9. The van der Waals surface area contributed by atoms with Gasteiger partial charge >= 0.3 is 5.97 Å². The average molecular weight is 570 g/mol. The number of fused-ring (bicyclic) bond motifs is 1. The molecule has 0 spiro atoms. The van der Waals surface area contributed by atoms with E-state index in [0.717, 1.165) is 33.9 Å². The van der Waals surface area contributed by atoms with E-state index >= 15 is 0 Å². The predicted molar refractivity (Wildman–Crippen MR) is 153 cm³/mol. The van der Waals surface area contributed by atoms with Gasteiger partial charge in [-0.2, -0.15) is 0 Å². The van der Waals surface area contributed by atoms with Crippen LogP contribution >= 0.6 is 0 Å². The predicted octanol–water partition coefficient (Wildman–Crippen LogP) is 1.99. The van der Waals surface area contributed by atoms with Crippen molar-refractivity contribution in [3.63, 3.8) is 0 Å². The second kappa shape index (κ2) is 11.3. The van der Waals surface area contributed by atoms with Crippen LogP contribution in [0.15, 0.2) is 36.4 Å². The number of amides is 1. The van der Waals surface area contributed by atoms with Crippen molar-refractivity contribution >= 4 is 44.5 Å². The standard InChI is InChI=1S/C27H35N7O5S/c1-17-20(27(2,26(37)34-12-4-5-13-34)16-33(3)40(38,39)15-23(35)36)10-11-21-24(17)32-22(31-21)14-30-19-8-6-18(7-9-19)25(28)29/h6-11,30H,4-5,12-16H2,1-3H3,(H3,28,29)(H,31,32)(H,35,36). The number of aromatic amines is 1. The number of carbonyl (C=O) groups is 2. The lowest BCUT2D eigenvalue weighted by molar-refractivity contribution is -0.136. The Morgan fingerprint density at radius 1 is 1.20 bits per heavy atom. The first-order valence-corrected chi connectivity index (χ1v) is 14.5. The Labute approximate surface area is 233 Å². The molecule has 1 aliphatic heterocycles. The van der Waals surface area contributed by atoms with E-state index in [1.165, 1.54) is 7.05 Å². The summed E-state index contributed by atoms with van der Waals surface area (Å²) in [6, 6.07) is 10.8. The van der Waals surface area contributed by atoms with Crippen molar-refractivity contribution in [1.29, 1.82) is 5.41 Å². The molecule has 0 aliphatic carbocycles. The lowest BCUT2D eigenvalue weighted by Crippen LogP contribution is -2.52. The molecule has 214 valence electrons. The summed E-state index contributed by atoms with van der Waals surface area (Å²) in [5, 5.41) is 19.9. The lowest BCUT2D eigenvalue weighted by Gasteiger charge is -2.36. The fraction of sp³-hybridized carbons (Fsp3) is 0.407. The van der Waals surface area contributed by atoms with Crippen LogP contribution in [0.3, 0.4) is 0 Å². The summed E-state index contributed by atoms with van der Waals surface area (Å²) < 4.78 is 26.4. The van der Waals surface area contributed by atoms with Crippen molar-refractivity contribution in [2.24, 2.45) is 5.73 Å². The molecular weight excluding hydrogens is 534 g/mol. The third-order valence-electron chi connectivity index (χ3n) is 7.39. The molecular formula is C27H35N7O5S. The van der Waals surface area contributed by atoms with Gasteiger partial charge in [-0.3, -0.25) is 15.0 Å². The van der Waals surface area contributed by atoms with Crippen LogP contribution in [0.2, 0.25) is 0 Å². The number of aliphatic carboxylic acids is 1. The number of aryl methyl sites for hydroxylation is 1. The molecule has 1 amide bonds. The van der Waals surface area contributed by atoms with E-state index in [2.05, 4.69) is 10.3 Å². The van der Waals surface area contributed by atoms with Crippen LogP contribution in [0, 0.1) is 12.3 Å². The zero-order valence-electron chi connectivity index (χ0n) is 22.8. The number of hydrogen-bond donors (Lipinski definition) is 5. The number of imidazole rings is 1. The molecule has 2 heterocycles. The molecule has 3 aromatic rings. The number of rotatable bonds is 11. The molecule has 1 unspecified atom stereocenters. The first kappa shape index (κ1) is 29.0. The van der Waals surface area contributed by atoms with Gasteiger partial charge in [0, 0.05) is 37.9 Å². The molecule has 4 rings (SSSR count). The average Bonchev–Trinajstić information content (AvgIpc) is 3.57. The van der Waals surface area contributed by atoms with E-state index in [0.29, 0.717) is 42.1 Å². The van der Waals surface area contributed by atoms with Gasteiger partial charge in [0.2, 0.25) is 15.9 Å². The normalized spacial score (nSPS) is 15.3. The number of H-pyrrole nitrogens is 1. The van der Waals surface area contributed by atoms with Crippen molar-refractivity contribution in [2.45, 2.75) is 38.6 Å². The van der Waals surface area contributed by atoms with Gasteiger partial charge in [-0.05, 0) is 68.1 Å². The number of carboxylic acids is 1. The Balaban J connectivity index is 1.66. The zero-order valence-corrected chi connectivity index (χ0v) is 23.6. The number of nitrogen functional groups attached to an aromatic ring is 1. The van der Waals surface area contributed by atoms with Crippen LogP contribution in [-0.4, -0.2) is 82.8 Å². The SMILES string of the molecule is Cc1c(C(C)(CN(C)S(=O)(=O)CC(=O)O)C(=O)N2CCCC2)ccc2[nH]c(CNc3ccc(C(=N)N)cc3)nc12. The number of likely N-dealkylation sites (N-methyl/N-ethyl adjacent to an activating group) is 1. The number of likely N-dealkylation sites (tertiary alicyclic amines) is 1. The van der Waals surface area contributed by atoms with Gasteiger partial charge in [0.15, 0.2) is 5.75 Å². The van der Waals surface area contributed by atoms with Gasteiger partial charge in [0.1, 0.15) is 11.7 Å². The number of carbonyl (C=O) groups excluding carboxylic acids is 1. The van der Waals surface area contributed by atoms with Crippen LogP contribution in [0.25, 0.3) is 11.0 Å². The number of nitrogens with zero attached hydrogens (tertiary/aromatic N) is 3. The number of anilines is 1. The van der Waals surface area contributed by atoms with Crippen molar-refractivity contribution in [3.05, 3.63) is 58.9 Å². The molecule has 0 bridgehead atoms. The van der Waals surface area contributed by atoms with Crippen molar-refractivity contribution in [3.8, 4) is 0 Å². The maximum Gasteiger partial charge on any atom is 0.320 e. The van der Waals surface area contributed by atoms with Crippen LogP contribution < -0.4 is 11.1 Å². The first-order chi connectivity index (χ1) is 18.8. The maximum atomic E-state index is 13.9. The van der Waals surface area contributed by atoms with E-state index < -0.39 is 27.2 Å². The van der Waals surface area contributed by atoms with Crippen LogP contribution in [-0.2, 0) is 31.6 Å². The number of aromatic nitrogens is 2. The van der Waals surface area contributed by atoms with E-state index in [1.54, 1.807) is 24.0 Å². The van der Waals surface area contributed by atoms with Crippen LogP contribution in [0.4, 0.5) is 5.69 Å². The summed E-state index contributed by atoms with van der Waals surface area (Å²) in [5.74, 6) is -2.04. The van der Waals surface area contributed by atoms with Gasteiger partial charge in [-0.1, -0.05) is 6.07 Å². The van der Waals surface area contributed by atoms with Crippen molar-refractivity contribution < 1.29 is 23.1 Å². The summed E-state index contributed by atoms with van der Waals surface area (Å²) in [7, 11) is -2.83. The molecule has 1 atom stereocenters. The van der Waals surface area contributed by atoms with Crippen molar-refractivity contribution in [1.82, 2.24) is 19.2 Å². The molecule has 2 aromatic carbocycles. The molecule has 0 radical (unpaired) electrons. The molecule has 1 fully saturated rings. The van der Waals surface area contributed by atoms with Gasteiger partial charge in [-0.25, -0.2) is 17.7 Å². The fourth-order valence-electron chi connectivity index (χ4n) is 5.25. The molecule has 0 saturated carbocycles. The van der Waals surface area contributed by atoms with Gasteiger partial charge in [0.05, 0.1) is 23.0 Å². The summed E-state index contributed by atoms with van der Waals surface area (Å²) in [6.07, 6.45) is 1.75. The molecule has 1 aliphatic rings. The number of nitrogens with two attached hydrogens (primary N) is 1. The third-order valence-corrected chi connectivity index (χ3v) is 9.08. The number of carboxylic acid groups (broad SMARTS) is 1. The molecule has 12 nitrogen and oxygen atoms in total. The van der Waals surface area contributed by atoms with Crippen molar-refractivity contribution in [2.75, 3.05) is 37.8 Å². The Bertz CT molecular complexity index is 1550. The summed E-state index contributed by atoms with van der Waals surface area (Å²) in [5.41, 5.74) is 8.53. The molecule has 1 saturated heterocycles. The van der Waals surface area contributed by atoms with E-state index in [-0.39, 0.29) is 18.3 Å². The van der Waals surface area contributed by atoms with E-state index in [4.69, 9.17) is 21.2 Å². The summed E-state index contributed by atoms with van der Waals surface area (Å²) >= 11 is 0. The topological polar surface area (TPSA) is 186 Å². The second-order valence-corrected chi connectivity index (χ2v) is 12.5. The smallest absolute Gasteiger partial charge is 0.320 e. The highest BCUT2D eigenvalue weighted by atomic mass is 32.2. The quantitative estimate of drug-likeness (QED) is 0.171. The van der Waals surface area contributed by atoms with Gasteiger partial charge in [-0.15, -0.1) is 0 Å². The minimum absolute atomic E-state index is 0.00370. The number of amidine groups is 1. The lowest BCUT2D eigenvalue weighted by atomic mass is 9.78. The highest BCUT2D eigenvalue weighted by Crippen LogP contribution is 2.35. The molecule has 1 aromatic heterocycles. The molecule has 6 N–H and O–H groups in total. The number of nitrogens with one attached hydrogen (secondary N) is 3. The largest absolute Gasteiger partial charge is 0.480 e. The third kappa shape index (κ3) is 5.94. The first-order valence-electron chi connectivity index (χ1n) is 12.9. The Hall–Kier alpha value is -3.97.